The summed E-state index contributed by atoms with van der Waals surface area (Å²) in [5.74, 6) is 1.48. The first kappa shape index (κ1) is 22.0. The summed E-state index contributed by atoms with van der Waals surface area (Å²) in [6.07, 6.45) is 5.66. The van der Waals surface area contributed by atoms with E-state index in [1.54, 1.807) is 7.11 Å². The molecule has 6 heteroatoms. The summed E-state index contributed by atoms with van der Waals surface area (Å²) >= 11 is 0. The Balaban J connectivity index is 0.00000312. The van der Waals surface area contributed by atoms with Crippen molar-refractivity contribution in [3.63, 3.8) is 0 Å². The smallest absolute Gasteiger partial charge is 0.188 e. The molecule has 1 saturated carbocycles. The van der Waals surface area contributed by atoms with E-state index in [1.165, 1.54) is 18.4 Å². The lowest BCUT2D eigenvalue weighted by molar-refractivity contribution is 0.145. The number of nitrogens with one attached hydrogen (secondary N) is 1. The van der Waals surface area contributed by atoms with E-state index in [0.717, 1.165) is 44.8 Å². The summed E-state index contributed by atoms with van der Waals surface area (Å²) in [4.78, 5) is 4.63. The molecule has 2 rings (SSSR count). The van der Waals surface area contributed by atoms with Crippen LogP contribution in [0, 0.1) is 0 Å². The Kier molecular flexibility index (Phi) is 10.2. The number of benzene rings is 1. The van der Waals surface area contributed by atoms with Gasteiger partial charge in [-0.3, -0.25) is 4.99 Å². The van der Waals surface area contributed by atoms with Crippen molar-refractivity contribution < 1.29 is 9.47 Å². The van der Waals surface area contributed by atoms with Crippen molar-refractivity contribution in [2.24, 2.45) is 10.7 Å². The molecule has 0 atom stereocenters. The molecule has 0 aliphatic heterocycles. The maximum Gasteiger partial charge on any atom is 0.188 e. The first-order chi connectivity index (χ1) is 11.7. The number of nitrogens with two attached hydrogens (primary N) is 1. The van der Waals surface area contributed by atoms with Crippen molar-refractivity contribution in [1.29, 1.82) is 0 Å². The summed E-state index contributed by atoms with van der Waals surface area (Å²) in [5, 5.41) is 3.18. The fourth-order valence-corrected chi connectivity index (χ4v) is 3.47. The molecular formula is C19H32IN3O2. The van der Waals surface area contributed by atoms with Gasteiger partial charge in [0.15, 0.2) is 5.96 Å². The predicted octanol–water partition coefficient (Wildman–Crippen LogP) is 3.46. The minimum Gasteiger partial charge on any atom is -0.496 e. The molecule has 0 heterocycles. The average Bonchev–Trinajstić information content (AvgIpc) is 3.10. The van der Waals surface area contributed by atoms with Gasteiger partial charge >= 0.3 is 0 Å². The van der Waals surface area contributed by atoms with Crippen molar-refractivity contribution >= 4 is 29.9 Å². The third-order valence-electron chi connectivity index (χ3n) is 4.77. The number of ether oxygens (including phenoxy) is 2. The Morgan fingerprint density at radius 1 is 1.28 bits per heavy atom. The van der Waals surface area contributed by atoms with Crippen LogP contribution in [-0.2, 0) is 10.2 Å². The van der Waals surface area contributed by atoms with Crippen LogP contribution in [0.3, 0.4) is 0 Å². The number of guanidine groups is 1. The third-order valence-corrected chi connectivity index (χ3v) is 4.77. The monoisotopic (exact) mass is 461 g/mol. The van der Waals surface area contributed by atoms with Crippen LogP contribution < -0.4 is 15.8 Å². The highest BCUT2D eigenvalue weighted by molar-refractivity contribution is 14.0. The molecule has 25 heavy (non-hydrogen) atoms. The molecule has 0 spiro atoms. The van der Waals surface area contributed by atoms with Crippen molar-refractivity contribution in [2.45, 2.75) is 44.4 Å². The second-order valence-electron chi connectivity index (χ2n) is 6.37. The highest BCUT2D eigenvalue weighted by Crippen LogP contribution is 2.44. The van der Waals surface area contributed by atoms with E-state index in [0.29, 0.717) is 12.5 Å². The standard InChI is InChI=1S/C19H31N3O2.HI/c1-3-24-14-8-13-21-18(20)22-15-19(11-6-7-12-19)16-9-4-5-10-17(16)23-2;/h4-5,9-10H,3,6-8,11-15H2,1-2H3,(H3,20,21,22);1H. The molecule has 0 bridgehead atoms. The third kappa shape index (κ3) is 6.33. The number of hydrogen-bond acceptors (Lipinski definition) is 3. The van der Waals surface area contributed by atoms with E-state index in [4.69, 9.17) is 15.2 Å². The lowest BCUT2D eigenvalue weighted by atomic mass is 9.78. The van der Waals surface area contributed by atoms with Crippen LogP contribution in [0.1, 0.15) is 44.6 Å². The second kappa shape index (κ2) is 11.6. The molecule has 0 amide bonds. The summed E-state index contributed by atoms with van der Waals surface area (Å²) in [5.41, 5.74) is 7.35. The van der Waals surface area contributed by atoms with Gasteiger partial charge in [-0.25, -0.2) is 0 Å². The largest absolute Gasteiger partial charge is 0.496 e. The fourth-order valence-electron chi connectivity index (χ4n) is 3.47. The van der Waals surface area contributed by atoms with E-state index >= 15 is 0 Å². The molecule has 0 unspecified atom stereocenters. The zero-order chi connectivity index (χ0) is 17.3. The normalized spacial score (nSPS) is 16.3. The molecular weight excluding hydrogens is 429 g/mol. The molecule has 3 N–H and O–H groups in total. The Morgan fingerprint density at radius 2 is 2.00 bits per heavy atom. The Morgan fingerprint density at radius 3 is 2.68 bits per heavy atom. The maximum absolute atomic E-state index is 6.04. The van der Waals surface area contributed by atoms with Crippen molar-refractivity contribution in [1.82, 2.24) is 5.32 Å². The number of para-hydroxylation sites is 1. The van der Waals surface area contributed by atoms with Gasteiger partial charge in [0.2, 0.25) is 0 Å². The Hall–Kier alpha value is -1.02. The van der Waals surface area contributed by atoms with Gasteiger partial charge in [-0.15, -0.1) is 24.0 Å². The highest BCUT2D eigenvalue weighted by atomic mass is 127. The van der Waals surface area contributed by atoms with E-state index in [9.17, 15) is 0 Å². The van der Waals surface area contributed by atoms with Gasteiger partial charge in [-0.1, -0.05) is 31.0 Å². The van der Waals surface area contributed by atoms with Crippen LogP contribution in [0.5, 0.6) is 5.75 Å². The molecule has 1 aromatic carbocycles. The minimum atomic E-state index is 0. The molecule has 142 valence electrons. The van der Waals surface area contributed by atoms with Gasteiger partial charge in [0.25, 0.3) is 0 Å². The highest BCUT2D eigenvalue weighted by Gasteiger charge is 2.37. The van der Waals surface area contributed by atoms with E-state index in [2.05, 4.69) is 22.4 Å². The summed E-state index contributed by atoms with van der Waals surface area (Å²) in [7, 11) is 1.74. The zero-order valence-corrected chi connectivity index (χ0v) is 17.8. The first-order valence-electron chi connectivity index (χ1n) is 8.97. The van der Waals surface area contributed by atoms with E-state index < -0.39 is 0 Å². The van der Waals surface area contributed by atoms with Crippen molar-refractivity contribution in [3.05, 3.63) is 29.8 Å². The lowest BCUT2D eigenvalue weighted by Gasteiger charge is -2.29. The molecule has 1 aliphatic carbocycles. The number of aliphatic imine (C=N–C) groups is 1. The molecule has 0 saturated heterocycles. The van der Waals surface area contributed by atoms with Gasteiger partial charge in [0.05, 0.1) is 13.7 Å². The maximum atomic E-state index is 6.04. The van der Waals surface area contributed by atoms with E-state index in [-0.39, 0.29) is 29.4 Å². The van der Waals surface area contributed by atoms with E-state index in [1.807, 2.05) is 19.1 Å². The SMILES string of the molecule is CCOCCCNC(N)=NCC1(c2ccccc2OC)CCCC1.I. The average molecular weight is 461 g/mol. The summed E-state index contributed by atoms with van der Waals surface area (Å²) < 4.78 is 10.9. The van der Waals surface area contributed by atoms with Gasteiger partial charge in [-0.05, 0) is 32.3 Å². The first-order valence-corrected chi connectivity index (χ1v) is 8.97. The van der Waals surface area contributed by atoms with Gasteiger partial charge in [0.1, 0.15) is 5.75 Å². The molecule has 1 aliphatic rings. The van der Waals surface area contributed by atoms with Gasteiger partial charge in [-0.2, -0.15) is 0 Å². The van der Waals surface area contributed by atoms with Crippen molar-refractivity contribution in [2.75, 3.05) is 33.4 Å². The second-order valence-corrected chi connectivity index (χ2v) is 6.37. The van der Waals surface area contributed by atoms with Gasteiger partial charge in [0, 0.05) is 30.7 Å². The van der Waals surface area contributed by atoms with Crippen LogP contribution in [0.2, 0.25) is 0 Å². The molecule has 1 fully saturated rings. The van der Waals surface area contributed by atoms with Crippen LogP contribution in [0.4, 0.5) is 0 Å². The Labute approximate surface area is 168 Å². The number of nitrogens with zero attached hydrogens (tertiary/aromatic N) is 1. The summed E-state index contributed by atoms with van der Waals surface area (Å²) in [6.45, 7) is 5.00. The van der Waals surface area contributed by atoms with Gasteiger partial charge < -0.3 is 20.5 Å². The topological polar surface area (TPSA) is 68.9 Å². The molecule has 0 aromatic heterocycles. The number of halogens is 1. The van der Waals surface area contributed by atoms with Crippen molar-refractivity contribution in [3.8, 4) is 5.75 Å². The zero-order valence-electron chi connectivity index (χ0n) is 15.4. The molecule has 0 radical (unpaired) electrons. The number of hydrogen-bond donors (Lipinski definition) is 2. The quantitative estimate of drug-likeness (QED) is 0.256. The van der Waals surface area contributed by atoms with Crippen LogP contribution in [0.15, 0.2) is 29.3 Å². The van der Waals surface area contributed by atoms with Crippen LogP contribution in [0.25, 0.3) is 0 Å². The molecule has 5 nitrogen and oxygen atoms in total. The van der Waals surface area contributed by atoms with Crippen LogP contribution >= 0.6 is 24.0 Å². The fraction of sp³-hybridized carbons (Fsp3) is 0.632. The molecule has 1 aromatic rings. The summed E-state index contributed by atoms with van der Waals surface area (Å²) in [6, 6.07) is 8.30. The number of rotatable bonds is 9. The lowest BCUT2D eigenvalue weighted by Crippen LogP contribution is -2.35. The van der Waals surface area contributed by atoms with Crippen LogP contribution in [-0.4, -0.2) is 39.4 Å². The Bertz CT molecular complexity index is 531. The number of methoxy groups -OCH3 is 1. The predicted molar refractivity (Wildman–Crippen MR) is 114 cm³/mol. The minimum absolute atomic E-state index is 0.